The van der Waals surface area contributed by atoms with Crippen molar-refractivity contribution >= 4 is 5.69 Å². The molecule has 0 amide bonds. The molecule has 2 aromatic rings. The number of nitrogens with zero attached hydrogens (tertiary/aromatic N) is 4. The zero-order valence-electron chi connectivity index (χ0n) is 7.78. The Balaban J connectivity index is 2.22. The Bertz CT molecular complexity index is 467. The van der Waals surface area contributed by atoms with Crippen molar-refractivity contribution in [2.24, 2.45) is 0 Å². The van der Waals surface area contributed by atoms with Crippen LogP contribution in [-0.2, 0) is 6.54 Å². The van der Waals surface area contributed by atoms with Crippen LogP contribution in [-0.4, -0.2) is 19.7 Å². The molecule has 0 saturated heterocycles. The molecule has 1 aromatic heterocycles. The largest absolute Gasteiger partial charge is 0.269 e. The molecule has 0 bridgehead atoms. The zero-order chi connectivity index (χ0) is 10.7. The molecular weight excluding hydrogens is 196 g/mol. The highest BCUT2D eigenvalue weighted by Gasteiger charge is 2.05. The molecule has 6 nitrogen and oxygen atoms in total. The number of nitro benzene ring substituents is 1. The van der Waals surface area contributed by atoms with Crippen molar-refractivity contribution in [2.75, 3.05) is 0 Å². The van der Waals surface area contributed by atoms with Crippen molar-refractivity contribution in [1.29, 1.82) is 0 Å². The number of benzene rings is 1. The highest BCUT2D eigenvalue weighted by molar-refractivity contribution is 5.34. The quantitative estimate of drug-likeness (QED) is 0.556. The number of nitro groups is 1. The monoisotopic (exact) mass is 204 g/mol. The Kier molecular flexibility index (Phi) is 2.40. The van der Waals surface area contributed by atoms with Gasteiger partial charge in [0.2, 0.25) is 0 Å². The lowest BCUT2D eigenvalue weighted by Crippen LogP contribution is -2.00. The lowest BCUT2D eigenvalue weighted by molar-refractivity contribution is -0.384. The molecule has 6 heteroatoms. The van der Waals surface area contributed by atoms with E-state index in [1.807, 2.05) is 6.07 Å². The van der Waals surface area contributed by atoms with Crippen molar-refractivity contribution < 1.29 is 4.92 Å². The Labute approximate surface area is 85.3 Å². The van der Waals surface area contributed by atoms with Gasteiger partial charge in [-0.05, 0) is 5.56 Å². The lowest BCUT2D eigenvalue weighted by Gasteiger charge is -2.00. The lowest BCUT2D eigenvalue weighted by atomic mass is 10.2. The minimum atomic E-state index is -0.412. The summed E-state index contributed by atoms with van der Waals surface area (Å²) in [6.45, 7) is 0.488. The van der Waals surface area contributed by atoms with Crippen LogP contribution in [0.25, 0.3) is 0 Å². The second kappa shape index (κ2) is 3.87. The average Bonchev–Trinajstić information content (AvgIpc) is 2.71. The summed E-state index contributed by atoms with van der Waals surface area (Å²) in [7, 11) is 0. The maximum absolute atomic E-state index is 10.5. The Morgan fingerprint density at radius 3 is 3.00 bits per heavy atom. The van der Waals surface area contributed by atoms with Gasteiger partial charge in [0.25, 0.3) is 5.69 Å². The van der Waals surface area contributed by atoms with E-state index in [1.165, 1.54) is 18.5 Å². The molecule has 1 heterocycles. The van der Waals surface area contributed by atoms with E-state index >= 15 is 0 Å². The van der Waals surface area contributed by atoms with Gasteiger partial charge in [-0.1, -0.05) is 12.1 Å². The predicted octanol–water partition coefficient (Wildman–Crippen LogP) is 1.23. The molecule has 76 valence electrons. The van der Waals surface area contributed by atoms with E-state index in [4.69, 9.17) is 0 Å². The first-order valence-electron chi connectivity index (χ1n) is 4.31. The highest BCUT2D eigenvalue weighted by atomic mass is 16.6. The number of non-ortho nitro benzene ring substituents is 1. The number of hydrogen-bond donors (Lipinski definition) is 0. The van der Waals surface area contributed by atoms with Gasteiger partial charge in [0.1, 0.15) is 12.7 Å². The summed E-state index contributed by atoms with van der Waals surface area (Å²) in [6, 6.07) is 6.46. The molecule has 15 heavy (non-hydrogen) atoms. The molecule has 0 spiro atoms. The highest BCUT2D eigenvalue weighted by Crippen LogP contribution is 2.13. The SMILES string of the molecule is O=[N+]([O-])c1cccc(Cn2cncn2)c1. The van der Waals surface area contributed by atoms with E-state index in [0.29, 0.717) is 6.54 Å². The van der Waals surface area contributed by atoms with Gasteiger partial charge in [-0.15, -0.1) is 0 Å². The van der Waals surface area contributed by atoms with Crippen LogP contribution in [0, 0.1) is 10.1 Å². The molecule has 0 fully saturated rings. The molecule has 2 rings (SSSR count). The fourth-order valence-corrected chi connectivity index (χ4v) is 1.27. The number of hydrogen-bond acceptors (Lipinski definition) is 4. The molecule has 0 unspecified atom stereocenters. The van der Waals surface area contributed by atoms with Crippen molar-refractivity contribution in [3.8, 4) is 0 Å². The van der Waals surface area contributed by atoms with E-state index in [0.717, 1.165) is 5.56 Å². The maximum Gasteiger partial charge on any atom is 0.269 e. The first kappa shape index (κ1) is 9.32. The van der Waals surface area contributed by atoms with Crippen molar-refractivity contribution in [3.63, 3.8) is 0 Å². The molecule has 0 aliphatic rings. The minimum absolute atomic E-state index is 0.0904. The standard InChI is InChI=1S/C9H8N4O2/c14-13(15)9-3-1-2-8(4-9)5-12-7-10-6-11-12/h1-4,6-7H,5H2. The molecule has 0 aliphatic heterocycles. The summed E-state index contributed by atoms with van der Waals surface area (Å²) >= 11 is 0. The van der Waals surface area contributed by atoms with Crippen LogP contribution < -0.4 is 0 Å². The third-order valence-corrected chi connectivity index (χ3v) is 1.93. The third-order valence-electron chi connectivity index (χ3n) is 1.93. The van der Waals surface area contributed by atoms with Crippen LogP contribution in [0.5, 0.6) is 0 Å². The summed E-state index contributed by atoms with van der Waals surface area (Å²) < 4.78 is 1.61. The zero-order valence-corrected chi connectivity index (χ0v) is 7.78. The number of aromatic nitrogens is 3. The van der Waals surface area contributed by atoms with Crippen molar-refractivity contribution in [3.05, 3.63) is 52.6 Å². The van der Waals surface area contributed by atoms with Gasteiger partial charge in [-0.3, -0.25) is 10.1 Å². The van der Waals surface area contributed by atoms with Gasteiger partial charge in [0, 0.05) is 12.1 Å². The second-order valence-corrected chi connectivity index (χ2v) is 3.02. The van der Waals surface area contributed by atoms with Gasteiger partial charge in [-0.2, -0.15) is 5.10 Å². The van der Waals surface area contributed by atoms with Gasteiger partial charge in [0.05, 0.1) is 11.5 Å². The minimum Gasteiger partial charge on any atom is -0.258 e. The molecule has 0 aliphatic carbocycles. The number of rotatable bonds is 3. The van der Waals surface area contributed by atoms with Crippen LogP contribution in [0.4, 0.5) is 5.69 Å². The van der Waals surface area contributed by atoms with Crippen molar-refractivity contribution in [2.45, 2.75) is 6.54 Å². The summed E-state index contributed by atoms with van der Waals surface area (Å²) in [4.78, 5) is 13.9. The summed E-state index contributed by atoms with van der Waals surface area (Å²) in [5, 5.41) is 14.4. The van der Waals surface area contributed by atoms with E-state index in [1.54, 1.807) is 17.1 Å². The smallest absolute Gasteiger partial charge is 0.258 e. The molecule has 0 radical (unpaired) electrons. The molecule has 1 aromatic carbocycles. The molecular formula is C9H8N4O2. The van der Waals surface area contributed by atoms with E-state index < -0.39 is 4.92 Å². The van der Waals surface area contributed by atoms with Crippen LogP contribution >= 0.6 is 0 Å². The van der Waals surface area contributed by atoms with Gasteiger partial charge < -0.3 is 0 Å². The van der Waals surface area contributed by atoms with Crippen LogP contribution in [0.1, 0.15) is 5.56 Å². The first-order chi connectivity index (χ1) is 7.25. The summed E-state index contributed by atoms with van der Waals surface area (Å²) in [5.74, 6) is 0. The van der Waals surface area contributed by atoms with Crippen LogP contribution in [0.2, 0.25) is 0 Å². The van der Waals surface area contributed by atoms with Crippen LogP contribution in [0.3, 0.4) is 0 Å². The second-order valence-electron chi connectivity index (χ2n) is 3.02. The molecule has 0 saturated carbocycles. The summed E-state index contributed by atoms with van der Waals surface area (Å²) in [5.41, 5.74) is 0.919. The predicted molar refractivity (Wildman–Crippen MR) is 52.2 cm³/mol. The third kappa shape index (κ3) is 2.16. The van der Waals surface area contributed by atoms with Crippen LogP contribution in [0.15, 0.2) is 36.9 Å². The van der Waals surface area contributed by atoms with E-state index in [-0.39, 0.29) is 5.69 Å². The average molecular weight is 204 g/mol. The Hall–Kier alpha value is -2.24. The molecule has 0 N–H and O–H groups in total. The van der Waals surface area contributed by atoms with Gasteiger partial charge in [-0.25, -0.2) is 9.67 Å². The Morgan fingerprint density at radius 2 is 2.33 bits per heavy atom. The first-order valence-corrected chi connectivity index (χ1v) is 4.31. The van der Waals surface area contributed by atoms with E-state index in [2.05, 4.69) is 10.1 Å². The maximum atomic E-state index is 10.5. The normalized spacial score (nSPS) is 10.1. The Morgan fingerprint density at radius 1 is 1.47 bits per heavy atom. The summed E-state index contributed by atoms with van der Waals surface area (Å²) in [6.07, 6.45) is 3.00. The van der Waals surface area contributed by atoms with E-state index in [9.17, 15) is 10.1 Å². The fraction of sp³-hybridized carbons (Fsp3) is 0.111. The van der Waals surface area contributed by atoms with Gasteiger partial charge >= 0.3 is 0 Å². The van der Waals surface area contributed by atoms with Gasteiger partial charge in [0.15, 0.2) is 0 Å². The topological polar surface area (TPSA) is 73.8 Å². The fourth-order valence-electron chi connectivity index (χ4n) is 1.27. The molecule has 0 atom stereocenters. The van der Waals surface area contributed by atoms with Crippen molar-refractivity contribution in [1.82, 2.24) is 14.8 Å².